The first-order chi connectivity index (χ1) is 10.6. The number of rotatable bonds is 3. The topological polar surface area (TPSA) is 50.2 Å². The summed E-state index contributed by atoms with van der Waals surface area (Å²) in [5.74, 6) is -0.935. The normalized spacial score (nSPS) is 11.6. The van der Waals surface area contributed by atoms with E-state index in [1.54, 1.807) is 6.92 Å². The summed E-state index contributed by atoms with van der Waals surface area (Å²) in [7, 11) is 0. The van der Waals surface area contributed by atoms with Crippen LogP contribution in [0.4, 0.5) is 0 Å². The summed E-state index contributed by atoms with van der Waals surface area (Å²) in [6, 6.07) is 17.9. The average Bonchev–Trinajstić information content (AvgIpc) is 2.54. The molecule has 0 aliphatic rings. The molecule has 0 aliphatic heterocycles. The number of benzene rings is 2. The van der Waals surface area contributed by atoms with Crippen LogP contribution in [-0.4, -0.2) is 16.1 Å². The highest BCUT2D eigenvalue weighted by molar-refractivity contribution is 5.90. The van der Waals surface area contributed by atoms with Crippen molar-refractivity contribution < 1.29 is 9.90 Å². The number of carboxylic acid groups (broad SMARTS) is 1. The Morgan fingerprint density at radius 2 is 1.86 bits per heavy atom. The molecule has 0 radical (unpaired) electrons. The molecular formula is C19H15NO2. The van der Waals surface area contributed by atoms with Crippen LogP contribution in [0.15, 0.2) is 66.9 Å². The van der Waals surface area contributed by atoms with Crippen LogP contribution in [-0.2, 0) is 4.79 Å². The summed E-state index contributed by atoms with van der Waals surface area (Å²) in [6.07, 6.45) is 3.06. The van der Waals surface area contributed by atoms with E-state index in [1.807, 2.05) is 54.7 Å². The maximum Gasteiger partial charge on any atom is 0.328 e. The lowest BCUT2D eigenvalue weighted by atomic mass is 10.00. The maximum absolute atomic E-state index is 10.8. The van der Waals surface area contributed by atoms with E-state index in [0.29, 0.717) is 0 Å². The summed E-state index contributed by atoms with van der Waals surface area (Å²) in [6.45, 7) is 1.80. The van der Waals surface area contributed by atoms with E-state index >= 15 is 0 Å². The predicted molar refractivity (Wildman–Crippen MR) is 88.5 cm³/mol. The SMILES string of the molecule is C/C(=C\C(=O)O)c1cccc(-c2cnc3ccccc3c2)c1. The molecule has 0 spiro atoms. The van der Waals surface area contributed by atoms with E-state index in [1.165, 1.54) is 6.08 Å². The number of aromatic nitrogens is 1. The molecule has 0 fully saturated rings. The standard InChI is InChI=1S/C19H15NO2/c1-13(9-19(21)22)14-6-4-7-15(10-14)17-11-16-5-2-3-8-18(16)20-12-17/h2-12H,1H3,(H,21,22)/b13-9+. The second kappa shape index (κ2) is 5.82. The van der Waals surface area contributed by atoms with Gasteiger partial charge in [0.05, 0.1) is 5.52 Å². The van der Waals surface area contributed by atoms with Gasteiger partial charge in [0.15, 0.2) is 0 Å². The first-order valence-corrected chi connectivity index (χ1v) is 7.00. The fourth-order valence-electron chi connectivity index (χ4n) is 2.44. The van der Waals surface area contributed by atoms with Gasteiger partial charge in [-0.1, -0.05) is 36.4 Å². The number of hydrogen-bond acceptors (Lipinski definition) is 2. The minimum atomic E-state index is -0.935. The zero-order valence-electron chi connectivity index (χ0n) is 12.2. The molecule has 22 heavy (non-hydrogen) atoms. The largest absolute Gasteiger partial charge is 0.478 e. The summed E-state index contributed by atoms with van der Waals surface area (Å²) in [5.41, 5.74) is 4.62. The van der Waals surface area contributed by atoms with Crippen molar-refractivity contribution in [3.05, 3.63) is 72.4 Å². The Balaban J connectivity index is 2.05. The van der Waals surface area contributed by atoms with Crippen molar-refractivity contribution in [2.45, 2.75) is 6.92 Å². The van der Waals surface area contributed by atoms with E-state index in [4.69, 9.17) is 5.11 Å². The first kappa shape index (κ1) is 14.0. The summed E-state index contributed by atoms with van der Waals surface area (Å²) in [5, 5.41) is 9.95. The Morgan fingerprint density at radius 1 is 1.05 bits per heavy atom. The van der Waals surface area contributed by atoms with Crippen molar-refractivity contribution in [1.82, 2.24) is 4.98 Å². The van der Waals surface area contributed by atoms with Crippen molar-refractivity contribution in [3.63, 3.8) is 0 Å². The highest BCUT2D eigenvalue weighted by Gasteiger charge is 2.04. The number of para-hydroxylation sites is 1. The number of aliphatic carboxylic acids is 1. The predicted octanol–water partition coefficient (Wildman–Crippen LogP) is 4.39. The third kappa shape index (κ3) is 2.88. The zero-order chi connectivity index (χ0) is 15.5. The maximum atomic E-state index is 10.8. The molecular weight excluding hydrogens is 274 g/mol. The minimum absolute atomic E-state index is 0.725. The Bertz CT molecular complexity index is 881. The van der Waals surface area contributed by atoms with E-state index < -0.39 is 5.97 Å². The van der Waals surface area contributed by atoms with Crippen LogP contribution >= 0.6 is 0 Å². The van der Waals surface area contributed by atoms with Crippen molar-refractivity contribution in [1.29, 1.82) is 0 Å². The minimum Gasteiger partial charge on any atom is -0.478 e. The molecule has 0 bridgehead atoms. The molecule has 0 saturated carbocycles. The highest BCUT2D eigenvalue weighted by Crippen LogP contribution is 2.25. The van der Waals surface area contributed by atoms with Gasteiger partial charge in [-0.25, -0.2) is 4.79 Å². The molecule has 0 aliphatic carbocycles. The molecule has 3 aromatic rings. The molecule has 0 atom stereocenters. The van der Waals surface area contributed by atoms with Gasteiger partial charge < -0.3 is 5.11 Å². The van der Waals surface area contributed by atoms with Gasteiger partial charge in [0.25, 0.3) is 0 Å². The molecule has 3 nitrogen and oxygen atoms in total. The Morgan fingerprint density at radius 3 is 2.68 bits per heavy atom. The van der Waals surface area contributed by atoms with Gasteiger partial charge in [0.2, 0.25) is 0 Å². The average molecular weight is 289 g/mol. The van der Waals surface area contributed by atoms with E-state index in [2.05, 4.69) is 11.1 Å². The van der Waals surface area contributed by atoms with Gasteiger partial charge in [0, 0.05) is 23.2 Å². The lowest BCUT2D eigenvalue weighted by Gasteiger charge is -2.07. The Kier molecular flexibility index (Phi) is 3.71. The molecule has 3 heteroatoms. The summed E-state index contributed by atoms with van der Waals surface area (Å²) >= 11 is 0. The number of pyridine rings is 1. The number of allylic oxidation sites excluding steroid dienone is 1. The Hall–Kier alpha value is -2.94. The first-order valence-electron chi connectivity index (χ1n) is 7.00. The summed E-state index contributed by atoms with van der Waals surface area (Å²) < 4.78 is 0. The van der Waals surface area contributed by atoms with E-state index in [0.717, 1.165) is 33.2 Å². The van der Waals surface area contributed by atoms with Crippen LogP contribution in [0.25, 0.3) is 27.6 Å². The molecule has 0 amide bonds. The highest BCUT2D eigenvalue weighted by atomic mass is 16.4. The van der Waals surface area contributed by atoms with Gasteiger partial charge in [-0.15, -0.1) is 0 Å². The fraction of sp³-hybridized carbons (Fsp3) is 0.0526. The smallest absolute Gasteiger partial charge is 0.328 e. The second-order valence-electron chi connectivity index (χ2n) is 5.16. The number of carboxylic acids is 1. The van der Waals surface area contributed by atoms with Crippen LogP contribution in [0.2, 0.25) is 0 Å². The van der Waals surface area contributed by atoms with Gasteiger partial charge in [0.1, 0.15) is 0 Å². The Labute approximate surface area is 128 Å². The van der Waals surface area contributed by atoms with Gasteiger partial charge in [-0.05, 0) is 41.8 Å². The van der Waals surface area contributed by atoms with Crippen LogP contribution in [0, 0.1) is 0 Å². The molecule has 0 unspecified atom stereocenters. The number of carbonyl (C=O) groups is 1. The van der Waals surface area contributed by atoms with E-state index in [9.17, 15) is 4.79 Å². The fourth-order valence-corrected chi connectivity index (χ4v) is 2.44. The number of fused-ring (bicyclic) bond motifs is 1. The summed E-state index contributed by atoms with van der Waals surface area (Å²) in [4.78, 5) is 15.3. The third-order valence-electron chi connectivity index (χ3n) is 3.58. The molecule has 108 valence electrons. The quantitative estimate of drug-likeness (QED) is 0.727. The zero-order valence-corrected chi connectivity index (χ0v) is 12.2. The van der Waals surface area contributed by atoms with Crippen molar-refractivity contribution in [2.24, 2.45) is 0 Å². The van der Waals surface area contributed by atoms with Gasteiger partial charge in [-0.3, -0.25) is 4.98 Å². The molecule has 1 N–H and O–H groups in total. The van der Waals surface area contributed by atoms with Crippen LogP contribution in [0.5, 0.6) is 0 Å². The van der Waals surface area contributed by atoms with E-state index in [-0.39, 0.29) is 0 Å². The number of nitrogens with zero attached hydrogens (tertiary/aromatic N) is 1. The van der Waals surface area contributed by atoms with Crippen LogP contribution in [0.3, 0.4) is 0 Å². The monoisotopic (exact) mass is 289 g/mol. The lowest BCUT2D eigenvalue weighted by molar-refractivity contribution is -0.131. The van der Waals surface area contributed by atoms with Crippen molar-refractivity contribution in [2.75, 3.05) is 0 Å². The molecule has 2 aromatic carbocycles. The second-order valence-corrected chi connectivity index (χ2v) is 5.16. The van der Waals surface area contributed by atoms with Crippen molar-refractivity contribution >= 4 is 22.4 Å². The molecule has 0 saturated heterocycles. The molecule has 1 aromatic heterocycles. The number of hydrogen-bond donors (Lipinski definition) is 1. The van der Waals surface area contributed by atoms with Crippen LogP contribution < -0.4 is 0 Å². The van der Waals surface area contributed by atoms with Crippen molar-refractivity contribution in [3.8, 4) is 11.1 Å². The van der Waals surface area contributed by atoms with Gasteiger partial charge in [-0.2, -0.15) is 0 Å². The van der Waals surface area contributed by atoms with Crippen LogP contribution in [0.1, 0.15) is 12.5 Å². The molecule has 3 rings (SSSR count). The molecule has 1 heterocycles. The lowest BCUT2D eigenvalue weighted by Crippen LogP contribution is -1.90. The van der Waals surface area contributed by atoms with Gasteiger partial charge >= 0.3 is 5.97 Å². The third-order valence-corrected chi connectivity index (χ3v) is 3.58.